The van der Waals surface area contributed by atoms with E-state index in [1.807, 2.05) is 22.9 Å². The Morgan fingerprint density at radius 2 is 2.19 bits per heavy atom. The van der Waals surface area contributed by atoms with E-state index in [1.165, 1.54) is 4.90 Å². The number of nitrogens with one attached hydrogen (secondary N) is 1. The van der Waals surface area contributed by atoms with Gasteiger partial charge in [0.15, 0.2) is 0 Å². The van der Waals surface area contributed by atoms with E-state index in [1.54, 1.807) is 13.1 Å². The fourth-order valence-electron chi connectivity index (χ4n) is 3.49. The molecule has 8 nitrogen and oxygen atoms in total. The summed E-state index contributed by atoms with van der Waals surface area (Å²) in [6.07, 6.45) is 2.78. The van der Waals surface area contributed by atoms with E-state index >= 15 is 0 Å². The summed E-state index contributed by atoms with van der Waals surface area (Å²) < 4.78 is 7.55. The van der Waals surface area contributed by atoms with E-state index in [2.05, 4.69) is 22.3 Å². The number of amides is 2. The van der Waals surface area contributed by atoms with Gasteiger partial charge < -0.3 is 15.0 Å². The lowest BCUT2D eigenvalue weighted by molar-refractivity contribution is -0.120. The third-order valence-electron chi connectivity index (χ3n) is 4.99. The third kappa shape index (κ3) is 2.71. The van der Waals surface area contributed by atoms with Crippen LogP contribution in [0.3, 0.4) is 0 Å². The van der Waals surface area contributed by atoms with Gasteiger partial charge in [-0.2, -0.15) is 0 Å². The fraction of sp³-hybridized carbons (Fsp3) is 0.444. The van der Waals surface area contributed by atoms with Gasteiger partial charge in [-0.05, 0) is 25.0 Å². The summed E-state index contributed by atoms with van der Waals surface area (Å²) in [6, 6.07) is 6.80. The second-order valence-electron chi connectivity index (χ2n) is 6.60. The molecule has 2 atom stereocenters. The van der Waals surface area contributed by atoms with Gasteiger partial charge in [0.05, 0.1) is 11.7 Å². The zero-order chi connectivity index (χ0) is 18.3. The van der Waals surface area contributed by atoms with E-state index in [0.717, 1.165) is 25.1 Å². The second-order valence-corrected chi connectivity index (χ2v) is 6.60. The molecule has 0 unspecified atom stereocenters. The summed E-state index contributed by atoms with van der Waals surface area (Å²) in [7, 11) is 1.67. The maximum Gasteiger partial charge on any atom is 0.291 e. The molecule has 136 valence electrons. The van der Waals surface area contributed by atoms with Crippen molar-refractivity contribution in [1.82, 2.24) is 20.1 Å². The van der Waals surface area contributed by atoms with Gasteiger partial charge in [0.1, 0.15) is 24.2 Å². The molecule has 26 heavy (non-hydrogen) atoms. The summed E-state index contributed by atoms with van der Waals surface area (Å²) in [5, 5.41) is 7.06. The Morgan fingerprint density at radius 3 is 3.00 bits per heavy atom. The minimum atomic E-state index is -0.791. The minimum Gasteiger partial charge on any atom is -0.489 e. The highest BCUT2D eigenvalue weighted by Crippen LogP contribution is 2.30. The number of anilines is 1. The highest BCUT2D eigenvalue weighted by atomic mass is 16.5. The van der Waals surface area contributed by atoms with Crippen LogP contribution < -0.4 is 15.0 Å². The first kappa shape index (κ1) is 16.6. The smallest absolute Gasteiger partial charge is 0.291 e. The van der Waals surface area contributed by atoms with Crippen LogP contribution in [0.25, 0.3) is 0 Å². The van der Waals surface area contributed by atoms with Crippen LogP contribution in [0.1, 0.15) is 42.3 Å². The lowest BCUT2D eigenvalue weighted by Crippen LogP contribution is -2.49. The van der Waals surface area contributed by atoms with Crippen molar-refractivity contribution in [3.05, 3.63) is 35.9 Å². The number of hydrogen-bond acceptors (Lipinski definition) is 5. The number of benzene rings is 1. The number of carbonyl (C=O) groups is 2. The molecule has 1 N–H and O–H groups in total. The van der Waals surface area contributed by atoms with Gasteiger partial charge in [0, 0.05) is 13.5 Å². The predicted octanol–water partition coefficient (Wildman–Crippen LogP) is 1.33. The first-order valence-corrected chi connectivity index (χ1v) is 8.84. The molecule has 2 aliphatic rings. The van der Waals surface area contributed by atoms with Crippen LogP contribution >= 0.6 is 0 Å². The molecule has 0 bridgehead atoms. The Balaban J connectivity index is 1.51. The number of nitrogens with zero attached hydrogens (tertiary/aromatic N) is 4. The van der Waals surface area contributed by atoms with Gasteiger partial charge >= 0.3 is 0 Å². The lowest BCUT2D eigenvalue weighted by Gasteiger charge is -2.19. The number of ether oxygens (including phenoxy) is 1. The Labute approximate surface area is 151 Å². The standard InChI is InChI=1S/C18H21N5O3/c1-3-11-8-9-15-20-16(21-23(11)15)17(24)19-12-10-26-14-7-5-4-6-13(14)22(2)18(12)25/h4-7,11-12H,3,8-10H2,1-2H3,(H,19,24)/t11-,12+/m1/s1. The molecule has 2 amide bonds. The van der Waals surface area contributed by atoms with Gasteiger partial charge in [-0.3, -0.25) is 9.59 Å². The molecule has 0 aliphatic carbocycles. The lowest BCUT2D eigenvalue weighted by atomic mass is 10.2. The van der Waals surface area contributed by atoms with E-state index < -0.39 is 11.9 Å². The van der Waals surface area contributed by atoms with Crippen molar-refractivity contribution in [3.63, 3.8) is 0 Å². The van der Waals surface area contributed by atoms with Gasteiger partial charge in [0.2, 0.25) is 5.82 Å². The molecular formula is C18H21N5O3. The number of carbonyl (C=O) groups excluding carboxylic acids is 2. The van der Waals surface area contributed by atoms with Crippen molar-refractivity contribution >= 4 is 17.5 Å². The molecule has 0 spiro atoms. The Bertz CT molecular complexity index is 862. The maximum absolute atomic E-state index is 12.7. The van der Waals surface area contributed by atoms with Crippen LogP contribution in [0.5, 0.6) is 5.75 Å². The average molecular weight is 355 g/mol. The Morgan fingerprint density at radius 1 is 1.38 bits per heavy atom. The third-order valence-corrected chi connectivity index (χ3v) is 4.99. The number of likely N-dealkylation sites (N-methyl/N-ethyl adjacent to an activating group) is 1. The van der Waals surface area contributed by atoms with Crippen molar-refractivity contribution in [2.24, 2.45) is 0 Å². The molecule has 1 aromatic heterocycles. The van der Waals surface area contributed by atoms with E-state index in [9.17, 15) is 9.59 Å². The quantitative estimate of drug-likeness (QED) is 0.897. The summed E-state index contributed by atoms with van der Waals surface area (Å²) in [4.78, 5) is 31.1. The van der Waals surface area contributed by atoms with Gasteiger partial charge in [-0.25, -0.2) is 9.67 Å². The molecule has 4 rings (SSSR count). The molecule has 0 fully saturated rings. The van der Waals surface area contributed by atoms with E-state index in [-0.39, 0.29) is 18.3 Å². The zero-order valence-electron chi connectivity index (χ0n) is 14.8. The van der Waals surface area contributed by atoms with Crippen molar-refractivity contribution in [3.8, 4) is 5.75 Å². The molecular weight excluding hydrogens is 334 g/mol. The summed E-state index contributed by atoms with van der Waals surface area (Å²) in [6.45, 7) is 2.16. The molecule has 2 aliphatic heterocycles. The Kier molecular flexibility index (Phi) is 4.10. The molecule has 0 saturated carbocycles. The summed E-state index contributed by atoms with van der Waals surface area (Å²) in [5.74, 6) is 0.861. The summed E-state index contributed by atoms with van der Waals surface area (Å²) in [5.41, 5.74) is 0.680. The van der Waals surface area contributed by atoms with Crippen molar-refractivity contribution in [1.29, 1.82) is 0 Å². The second kappa shape index (κ2) is 6.44. The number of rotatable bonds is 3. The molecule has 0 radical (unpaired) electrons. The largest absolute Gasteiger partial charge is 0.489 e. The van der Waals surface area contributed by atoms with Crippen LogP contribution in [0.2, 0.25) is 0 Å². The van der Waals surface area contributed by atoms with Gasteiger partial charge in [0.25, 0.3) is 11.8 Å². The first-order valence-electron chi connectivity index (χ1n) is 8.84. The molecule has 3 heterocycles. The molecule has 8 heteroatoms. The van der Waals surface area contributed by atoms with E-state index in [4.69, 9.17) is 4.74 Å². The number of para-hydroxylation sites is 2. The van der Waals surface area contributed by atoms with Crippen LogP contribution in [0, 0.1) is 0 Å². The fourth-order valence-corrected chi connectivity index (χ4v) is 3.49. The number of aryl methyl sites for hydroxylation is 1. The topological polar surface area (TPSA) is 89.3 Å². The number of fused-ring (bicyclic) bond motifs is 2. The van der Waals surface area contributed by atoms with Crippen molar-refractivity contribution < 1.29 is 14.3 Å². The van der Waals surface area contributed by atoms with Crippen molar-refractivity contribution in [2.45, 2.75) is 38.3 Å². The molecule has 1 aromatic carbocycles. The SMILES string of the molecule is CC[C@@H]1CCc2nc(C(=O)N[C@H]3COc4ccccc4N(C)C3=O)nn21. The van der Waals surface area contributed by atoms with Crippen molar-refractivity contribution in [2.75, 3.05) is 18.6 Å². The normalized spacial score (nSPS) is 21.6. The van der Waals surface area contributed by atoms with Crippen LogP contribution in [-0.4, -0.2) is 46.3 Å². The Hall–Kier alpha value is -2.90. The molecule has 2 aromatic rings. The van der Waals surface area contributed by atoms with E-state index in [0.29, 0.717) is 17.5 Å². The van der Waals surface area contributed by atoms with Crippen LogP contribution in [0.4, 0.5) is 5.69 Å². The monoisotopic (exact) mass is 355 g/mol. The summed E-state index contributed by atoms with van der Waals surface area (Å²) >= 11 is 0. The van der Waals surface area contributed by atoms with Gasteiger partial charge in [-0.1, -0.05) is 19.1 Å². The minimum absolute atomic E-state index is 0.0665. The number of hydrogen-bond donors (Lipinski definition) is 1. The maximum atomic E-state index is 12.7. The number of aromatic nitrogens is 3. The van der Waals surface area contributed by atoms with Crippen LogP contribution in [-0.2, 0) is 11.2 Å². The first-order chi connectivity index (χ1) is 12.6. The zero-order valence-corrected chi connectivity index (χ0v) is 14.8. The van der Waals surface area contributed by atoms with Crippen LogP contribution in [0.15, 0.2) is 24.3 Å². The predicted molar refractivity (Wildman–Crippen MR) is 94.3 cm³/mol. The highest BCUT2D eigenvalue weighted by Gasteiger charge is 2.32. The van der Waals surface area contributed by atoms with Gasteiger partial charge in [-0.15, -0.1) is 5.10 Å². The average Bonchev–Trinajstić information content (AvgIpc) is 3.21. The molecule has 0 saturated heterocycles. The highest BCUT2D eigenvalue weighted by molar-refractivity contribution is 6.02.